The number of nitrogens with zero attached hydrogens (tertiary/aromatic N) is 3. The summed E-state index contributed by atoms with van der Waals surface area (Å²) >= 11 is 0. The minimum atomic E-state index is 0.266. The second-order valence-corrected chi connectivity index (χ2v) is 5.54. The van der Waals surface area contributed by atoms with Gasteiger partial charge in [-0.3, -0.25) is 0 Å². The molecule has 1 aliphatic rings. The summed E-state index contributed by atoms with van der Waals surface area (Å²) in [6.07, 6.45) is 2.79. The summed E-state index contributed by atoms with van der Waals surface area (Å²) < 4.78 is 10.7. The molecule has 7 heteroatoms. The average Bonchev–Trinajstić information content (AvgIpc) is 2.99. The van der Waals surface area contributed by atoms with E-state index in [4.69, 9.17) is 9.47 Å². The maximum atomic E-state index is 5.37. The van der Waals surface area contributed by atoms with Gasteiger partial charge in [0.15, 0.2) is 11.5 Å². The third kappa shape index (κ3) is 4.23. The topological polar surface area (TPSA) is 71.5 Å². The molecular weight excluding hydrogens is 294 g/mol. The largest absolute Gasteiger partial charge is 0.454 e. The number of benzene rings is 1. The van der Waals surface area contributed by atoms with Crippen LogP contribution in [0.4, 0.5) is 17.5 Å². The van der Waals surface area contributed by atoms with Crippen LogP contribution in [-0.2, 0) is 0 Å². The Hall–Kier alpha value is -2.54. The van der Waals surface area contributed by atoms with Crippen LogP contribution in [-0.4, -0.2) is 48.8 Å². The summed E-state index contributed by atoms with van der Waals surface area (Å²) in [4.78, 5) is 10.9. The first-order valence-electron chi connectivity index (χ1n) is 7.59. The Morgan fingerprint density at radius 3 is 2.91 bits per heavy atom. The van der Waals surface area contributed by atoms with E-state index in [0.717, 1.165) is 42.5 Å². The number of hydrogen-bond acceptors (Lipinski definition) is 7. The predicted molar refractivity (Wildman–Crippen MR) is 89.5 cm³/mol. The normalized spacial score (nSPS) is 12.5. The van der Waals surface area contributed by atoms with Gasteiger partial charge in [-0.2, -0.15) is 4.98 Å². The standard InChI is InChI=1S/C16H21N5O2/c1-21(2)9-3-7-17-15-6-8-18-16(20-15)19-12-4-5-13-14(10-12)23-11-22-13/h4-6,8,10H,3,7,9,11H2,1-2H3,(H2,17,18,19,20). The molecule has 0 fully saturated rings. The lowest BCUT2D eigenvalue weighted by molar-refractivity contribution is 0.174. The molecule has 2 heterocycles. The highest BCUT2D eigenvalue weighted by atomic mass is 16.7. The molecule has 1 aromatic heterocycles. The maximum absolute atomic E-state index is 5.37. The van der Waals surface area contributed by atoms with Crippen LogP contribution in [0.15, 0.2) is 30.5 Å². The predicted octanol–water partition coefficient (Wildman–Crippen LogP) is 2.31. The molecule has 0 bridgehead atoms. The van der Waals surface area contributed by atoms with Crippen LogP contribution in [0.1, 0.15) is 6.42 Å². The van der Waals surface area contributed by atoms with Crippen molar-refractivity contribution in [2.45, 2.75) is 6.42 Å². The van der Waals surface area contributed by atoms with Crippen molar-refractivity contribution in [1.82, 2.24) is 14.9 Å². The van der Waals surface area contributed by atoms with E-state index in [1.165, 1.54) is 0 Å². The molecule has 0 aliphatic carbocycles. The summed E-state index contributed by atoms with van der Waals surface area (Å²) in [5, 5.41) is 6.48. The molecule has 0 saturated carbocycles. The molecule has 3 rings (SSSR count). The molecule has 23 heavy (non-hydrogen) atoms. The Kier molecular flexibility index (Phi) is 4.77. The fourth-order valence-corrected chi connectivity index (χ4v) is 2.23. The molecule has 0 spiro atoms. The third-order valence-corrected chi connectivity index (χ3v) is 3.37. The number of nitrogens with one attached hydrogen (secondary N) is 2. The van der Waals surface area contributed by atoms with Crippen molar-refractivity contribution in [3.8, 4) is 11.5 Å². The number of aromatic nitrogens is 2. The second-order valence-electron chi connectivity index (χ2n) is 5.54. The van der Waals surface area contributed by atoms with E-state index in [-0.39, 0.29) is 6.79 Å². The average molecular weight is 315 g/mol. The number of fused-ring (bicyclic) bond motifs is 1. The summed E-state index contributed by atoms with van der Waals surface area (Å²) in [7, 11) is 4.14. The fraction of sp³-hybridized carbons (Fsp3) is 0.375. The van der Waals surface area contributed by atoms with E-state index in [1.54, 1.807) is 6.20 Å². The second kappa shape index (κ2) is 7.15. The molecule has 0 unspecified atom stereocenters. The zero-order valence-electron chi connectivity index (χ0n) is 13.4. The van der Waals surface area contributed by atoms with Crippen molar-refractivity contribution >= 4 is 17.5 Å². The Balaban J connectivity index is 1.59. The Bertz CT molecular complexity index is 663. The van der Waals surface area contributed by atoms with Crippen LogP contribution >= 0.6 is 0 Å². The molecular formula is C16H21N5O2. The molecule has 0 radical (unpaired) electrons. The van der Waals surface area contributed by atoms with Gasteiger partial charge in [0.25, 0.3) is 0 Å². The molecule has 1 aromatic carbocycles. The van der Waals surface area contributed by atoms with Crippen LogP contribution in [0.3, 0.4) is 0 Å². The van der Waals surface area contributed by atoms with E-state index in [0.29, 0.717) is 5.95 Å². The zero-order valence-corrected chi connectivity index (χ0v) is 13.4. The number of ether oxygens (including phenoxy) is 2. The lowest BCUT2D eigenvalue weighted by Crippen LogP contribution is -2.16. The van der Waals surface area contributed by atoms with Gasteiger partial charge in [-0.25, -0.2) is 4.98 Å². The monoisotopic (exact) mass is 315 g/mol. The van der Waals surface area contributed by atoms with Crippen molar-refractivity contribution in [2.75, 3.05) is 44.6 Å². The molecule has 0 atom stereocenters. The first-order chi connectivity index (χ1) is 11.2. The van der Waals surface area contributed by atoms with Gasteiger partial charge in [-0.05, 0) is 45.3 Å². The quantitative estimate of drug-likeness (QED) is 0.760. The van der Waals surface area contributed by atoms with Crippen molar-refractivity contribution in [3.05, 3.63) is 30.5 Å². The number of anilines is 3. The minimum absolute atomic E-state index is 0.266. The lowest BCUT2D eigenvalue weighted by Gasteiger charge is -2.11. The summed E-state index contributed by atoms with van der Waals surface area (Å²) in [6.45, 7) is 2.18. The summed E-state index contributed by atoms with van der Waals surface area (Å²) in [6, 6.07) is 7.52. The van der Waals surface area contributed by atoms with Crippen LogP contribution in [0.25, 0.3) is 0 Å². The van der Waals surface area contributed by atoms with Gasteiger partial charge in [-0.15, -0.1) is 0 Å². The van der Waals surface area contributed by atoms with E-state index in [2.05, 4.69) is 39.6 Å². The number of hydrogen-bond donors (Lipinski definition) is 2. The van der Waals surface area contributed by atoms with Crippen LogP contribution in [0.5, 0.6) is 11.5 Å². The smallest absolute Gasteiger partial charge is 0.231 e. The van der Waals surface area contributed by atoms with Gasteiger partial charge in [0.05, 0.1) is 0 Å². The highest BCUT2D eigenvalue weighted by Crippen LogP contribution is 2.34. The molecule has 7 nitrogen and oxygen atoms in total. The van der Waals surface area contributed by atoms with Crippen LogP contribution in [0, 0.1) is 0 Å². The highest BCUT2D eigenvalue weighted by Gasteiger charge is 2.13. The van der Waals surface area contributed by atoms with Gasteiger partial charge in [0.2, 0.25) is 12.7 Å². The summed E-state index contributed by atoms with van der Waals surface area (Å²) in [5.74, 6) is 2.84. The zero-order chi connectivity index (χ0) is 16.1. The molecule has 122 valence electrons. The third-order valence-electron chi connectivity index (χ3n) is 3.37. The van der Waals surface area contributed by atoms with Gasteiger partial charge in [0, 0.05) is 24.5 Å². The Labute approximate surface area is 135 Å². The van der Waals surface area contributed by atoms with Crippen LogP contribution < -0.4 is 20.1 Å². The molecule has 2 N–H and O–H groups in total. The molecule has 0 amide bonds. The van der Waals surface area contributed by atoms with Crippen molar-refractivity contribution in [1.29, 1.82) is 0 Å². The Morgan fingerprint density at radius 2 is 2.04 bits per heavy atom. The van der Waals surface area contributed by atoms with Gasteiger partial charge < -0.3 is 25.0 Å². The Morgan fingerprint density at radius 1 is 1.17 bits per heavy atom. The first-order valence-corrected chi connectivity index (χ1v) is 7.59. The van der Waals surface area contributed by atoms with Crippen molar-refractivity contribution in [3.63, 3.8) is 0 Å². The van der Waals surface area contributed by atoms with E-state index < -0.39 is 0 Å². The van der Waals surface area contributed by atoms with E-state index in [9.17, 15) is 0 Å². The van der Waals surface area contributed by atoms with Gasteiger partial charge in [-0.1, -0.05) is 0 Å². The van der Waals surface area contributed by atoms with E-state index >= 15 is 0 Å². The van der Waals surface area contributed by atoms with Crippen molar-refractivity contribution < 1.29 is 9.47 Å². The lowest BCUT2D eigenvalue weighted by atomic mass is 10.3. The molecule has 0 saturated heterocycles. The highest BCUT2D eigenvalue weighted by molar-refractivity contribution is 5.60. The van der Waals surface area contributed by atoms with Crippen molar-refractivity contribution in [2.24, 2.45) is 0 Å². The molecule has 1 aliphatic heterocycles. The molecule has 2 aromatic rings. The van der Waals surface area contributed by atoms with E-state index in [1.807, 2.05) is 24.3 Å². The number of rotatable bonds is 7. The van der Waals surface area contributed by atoms with Gasteiger partial charge >= 0.3 is 0 Å². The fourth-order valence-electron chi connectivity index (χ4n) is 2.23. The minimum Gasteiger partial charge on any atom is -0.454 e. The maximum Gasteiger partial charge on any atom is 0.231 e. The summed E-state index contributed by atoms with van der Waals surface area (Å²) in [5.41, 5.74) is 0.860. The first kappa shape index (κ1) is 15.4. The SMILES string of the molecule is CN(C)CCCNc1ccnc(Nc2ccc3c(c2)OCO3)n1. The van der Waals surface area contributed by atoms with Crippen LogP contribution in [0.2, 0.25) is 0 Å². The van der Waals surface area contributed by atoms with Gasteiger partial charge in [0.1, 0.15) is 5.82 Å².